The summed E-state index contributed by atoms with van der Waals surface area (Å²) in [5.41, 5.74) is 0. The van der Waals surface area contributed by atoms with Crippen LogP contribution < -0.4 is 0 Å². The van der Waals surface area contributed by atoms with Gasteiger partial charge in [0.1, 0.15) is 0 Å². The average molecular weight is 242 g/mol. The molecule has 0 fully saturated rings. The topological polar surface area (TPSA) is 26.3 Å². The zero-order valence-electron chi connectivity index (χ0n) is 12.3. The number of carbonyl (C=O) groups is 1. The van der Waals surface area contributed by atoms with Crippen LogP contribution in [0.15, 0.2) is 0 Å². The zero-order valence-corrected chi connectivity index (χ0v) is 12.3. The molecule has 0 rings (SSSR count). The number of ether oxygens (including phenoxy) is 1. The van der Waals surface area contributed by atoms with Gasteiger partial charge in [0.15, 0.2) is 0 Å². The maximum Gasteiger partial charge on any atom is 0.308 e. The van der Waals surface area contributed by atoms with E-state index in [1.165, 1.54) is 13.5 Å². The fourth-order valence-electron chi connectivity index (χ4n) is 2.21. The van der Waals surface area contributed by atoms with Gasteiger partial charge in [-0.05, 0) is 31.1 Å². The van der Waals surface area contributed by atoms with Crippen molar-refractivity contribution in [3.8, 4) is 0 Å². The van der Waals surface area contributed by atoms with Crippen LogP contribution in [0.25, 0.3) is 0 Å². The van der Waals surface area contributed by atoms with Crippen LogP contribution >= 0.6 is 0 Å². The monoisotopic (exact) mass is 242 g/mol. The Labute approximate surface area is 107 Å². The minimum Gasteiger partial charge on any atom is -0.469 e. The van der Waals surface area contributed by atoms with Crippen molar-refractivity contribution in [3.05, 3.63) is 0 Å². The van der Waals surface area contributed by atoms with E-state index in [1.807, 2.05) is 0 Å². The highest BCUT2D eigenvalue weighted by atomic mass is 16.5. The molecule has 2 heteroatoms. The minimum absolute atomic E-state index is 0.0137. The Balaban J connectivity index is 4.27. The van der Waals surface area contributed by atoms with Crippen LogP contribution in [0, 0.1) is 17.8 Å². The number of methoxy groups -OCH3 is 1. The van der Waals surface area contributed by atoms with E-state index >= 15 is 0 Å². The summed E-state index contributed by atoms with van der Waals surface area (Å²) in [5.74, 6) is 1.47. The number of rotatable bonds is 9. The van der Waals surface area contributed by atoms with E-state index in [0.29, 0.717) is 11.8 Å². The molecule has 102 valence electrons. The van der Waals surface area contributed by atoms with Crippen LogP contribution in [0.1, 0.15) is 66.2 Å². The number of esters is 1. The number of carbonyl (C=O) groups excluding carboxylic acids is 1. The van der Waals surface area contributed by atoms with Gasteiger partial charge in [-0.15, -0.1) is 0 Å². The lowest BCUT2D eigenvalue weighted by atomic mass is 9.86. The lowest BCUT2D eigenvalue weighted by Crippen LogP contribution is -2.20. The second kappa shape index (κ2) is 9.49. The molecular weight excluding hydrogens is 212 g/mol. The molecule has 17 heavy (non-hydrogen) atoms. The molecule has 0 heterocycles. The van der Waals surface area contributed by atoms with E-state index in [2.05, 4.69) is 27.7 Å². The summed E-state index contributed by atoms with van der Waals surface area (Å²) in [6.45, 7) is 8.87. The van der Waals surface area contributed by atoms with E-state index in [4.69, 9.17) is 4.74 Å². The van der Waals surface area contributed by atoms with Crippen LogP contribution in [-0.4, -0.2) is 13.1 Å². The quantitative estimate of drug-likeness (QED) is 0.559. The molecule has 2 nitrogen and oxygen atoms in total. The molecule has 0 saturated heterocycles. The standard InChI is InChI=1S/C15H30O2/c1-6-12(4)9-10-14(15(16)17-5)11-13(7-2)8-3/h12-14H,6-11H2,1-5H3. The van der Waals surface area contributed by atoms with Gasteiger partial charge in [-0.25, -0.2) is 0 Å². The van der Waals surface area contributed by atoms with Gasteiger partial charge in [0.25, 0.3) is 0 Å². The Hall–Kier alpha value is -0.530. The van der Waals surface area contributed by atoms with Crippen LogP contribution in [0.5, 0.6) is 0 Å². The van der Waals surface area contributed by atoms with E-state index in [0.717, 1.165) is 32.1 Å². The molecule has 2 unspecified atom stereocenters. The first kappa shape index (κ1) is 16.5. The second-order valence-electron chi connectivity index (χ2n) is 5.23. The molecule has 2 atom stereocenters. The van der Waals surface area contributed by atoms with Crippen LogP contribution in [0.3, 0.4) is 0 Å². The third-order valence-electron chi connectivity index (χ3n) is 4.01. The smallest absolute Gasteiger partial charge is 0.308 e. The summed E-state index contributed by atoms with van der Waals surface area (Å²) in [5, 5.41) is 0. The first-order valence-corrected chi connectivity index (χ1v) is 7.16. The fourth-order valence-corrected chi connectivity index (χ4v) is 2.21. The van der Waals surface area contributed by atoms with Gasteiger partial charge >= 0.3 is 5.97 Å². The van der Waals surface area contributed by atoms with Crippen molar-refractivity contribution < 1.29 is 9.53 Å². The van der Waals surface area contributed by atoms with E-state index in [1.54, 1.807) is 0 Å². The van der Waals surface area contributed by atoms with Gasteiger partial charge in [0, 0.05) is 0 Å². The molecule has 0 aliphatic rings. The summed E-state index contributed by atoms with van der Waals surface area (Å²) < 4.78 is 4.93. The van der Waals surface area contributed by atoms with Crippen LogP contribution in [-0.2, 0) is 9.53 Å². The molecule has 0 N–H and O–H groups in total. The molecule has 0 aliphatic carbocycles. The molecule has 0 aromatic carbocycles. The lowest BCUT2D eigenvalue weighted by molar-refractivity contribution is -0.146. The highest BCUT2D eigenvalue weighted by Crippen LogP contribution is 2.25. The first-order valence-electron chi connectivity index (χ1n) is 7.16. The Bertz CT molecular complexity index is 197. The number of hydrogen-bond acceptors (Lipinski definition) is 2. The zero-order chi connectivity index (χ0) is 13.3. The van der Waals surface area contributed by atoms with Crippen LogP contribution in [0.4, 0.5) is 0 Å². The van der Waals surface area contributed by atoms with Gasteiger partial charge in [0.2, 0.25) is 0 Å². The summed E-state index contributed by atoms with van der Waals surface area (Å²) in [6.07, 6.45) is 6.63. The second-order valence-corrected chi connectivity index (χ2v) is 5.23. The van der Waals surface area contributed by atoms with E-state index in [9.17, 15) is 4.79 Å². The lowest BCUT2D eigenvalue weighted by Gasteiger charge is -2.21. The molecule has 0 aromatic rings. The Morgan fingerprint density at radius 3 is 2.06 bits per heavy atom. The summed E-state index contributed by atoms with van der Waals surface area (Å²) in [4.78, 5) is 11.8. The molecule has 0 aliphatic heterocycles. The van der Waals surface area contributed by atoms with Crippen molar-refractivity contribution in [2.24, 2.45) is 17.8 Å². The van der Waals surface area contributed by atoms with Gasteiger partial charge in [0.05, 0.1) is 13.0 Å². The van der Waals surface area contributed by atoms with E-state index < -0.39 is 0 Å². The van der Waals surface area contributed by atoms with Gasteiger partial charge in [-0.2, -0.15) is 0 Å². The molecule has 0 radical (unpaired) electrons. The van der Waals surface area contributed by atoms with Gasteiger partial charge < -0.3 is 4.74 Å². The van der Waals surface area contributed by atoms with Crippen LogP contribution in [0.2, 0.25) is 0 Å². The van der Waals surface area contributed by atoms with Crippen molar-refractivity contribution in [3.63, 3.8) is 0 Å². The minimum atomic E-state index is -0.0137. The highest BCUT2D eigenvalue weighted by molar-refractivity contribution is 5.72. The molecule has 0 amide bonds. The molecule has 0 aromatic heterocycles. The molecule has 0 bridgehead atoms. The summed E-state index contributed by atoms with van der Waals surface area (Å²) >= 11 is 0. The molecule has 0 spiro atoms. The van der Waals surface area contributed by atoms with Gasteiger partial charge in [-0.3, -0.25) is 4.79 Å². The summed E-state index contributed by atoms with van der Waals surface area (Å²) in [6, 6.07) is 0. The predicted octanol–water partition coefficient (Wildman–Crippen LogP) is 4.43. The normalized spacial score (nSPS) is 14.7. The molecular formula is C15H30O2. The van der Waals surface area contributed by atoms with Crippen molar-refractivity contribution in [1.82, 2.24) is 0 Å². The Morgan fingerprint density at radius 1 is 1.06 bits per heavy atom. The fraction of sp³-hybridized carbons (Fsp3) is 0.933. The van der Waals surface area contributed by atoms with Crippen molar-refractivity contribution in [1.29, 1.82) is 0 Å². The highest BCUT2D eigenvalue weighted by Gasteiger charge is 2.22. The maximum atomic E-state index is 11.8. The van der Waals surface area contributed by atoms with Crippen molar-refractivity contribution in [2.75, 3.05) is 7.11 Å². The van der Waals surface area contributed by atoms with Crippen molar-refractivity contribution in [2.45, 2.75) is 66.2 Å². The Kier molecular flexibility index (Phi) is 9.20. The maximum absolute atomic E-state index is 11.8. The Morgan fingerprint density at radius 2 is 1.65 bits per heavy atom. The van der Waals surface area contributed by atoms with Crippen molar-refractivity contribution >= 4 is 5.97 Å². The number of hydrogen-bond donors (Lipinski definition) is 0. The van der Waals surface area contributed by atoms with E-state index in [-0.39, 0.29) is 11.9 Å². The molecule has 0 saturated carbocycles. The van der Waals surface area contributed by atoms with Gasteiger partial charge in [-0.1, -0.05) is 47.0 Å². The predicted molar refractivity (Wildman–Crippen MR) is 72.9 cm³/mol. The largest absolute Gasteiger partial charge is 0.469 e. The first-order chi connectivity index (χ1) is 8.08. The third kappa shape index (κ3) is 6.70. The third-order valence-corrected chi connectivity index (χ3v) is 4.01. The average Bonchev–Trinajstić information content (AvgIpc) is 2.37. The SMILES string of the molecule is CCC(C)CCC(CC(CC)CC)C(=O)OC. The summed E-state index contributed by atoms with van der Waals surface area (Å²) in [7, 11) is 1.51.